The SMILES string of the molecule is CN1C(=O)NC(=O)[C@@]2(Cc3ccccc3N3CCN(Cc4ccccc4)C[C@@H]32)C1=O. The molecule has 0 saturated carbocycles. The Morgan fingerprint density at radius 1 is 1.00 bits per heavy atom. The van der Waals surface area contributed by atoms with E-state index in [-0.39, 0.29) is 6.04 Å². The number of para-hydroxylation sites is 1. The van der Waals surface area contributed by atoms with Gasteiger partial charge in [-0.25, -0.2) is 4.79 Å². The molecule has 0 aromatic heterocycles. The summed E-state index contributed by atoms with van der Waals surface area (Å²) in [7, 11) is 1.45. The lowest BCUT2D eigenvalue weighted by molar-refractivity contribution is -0.153. The number of imide groups is 2. The monoisotopic (exact) mass is 404 g/mol. The maximum absolute atomic E-state index is 13.5. The summed E-state index contributed by atoms with van der Waals surface area (Å²) in [6, 6.07) is 17.2. The van der Waals surface area contributed by atoms with E-state index in [1.807, 2.05) is 36.4 Å². The molecule has 3 aliphatic rings. The second-order valence-electron chi connectivity index (χ2n) is 8.33. The Bertz CT molecular complexity index is 1020. The number of benzene rings is 2. The molecule has 0 aliphatic carbocycles. The number of rotatable bonds is 2. The van der Waals surface area contributed by atoms with Crippen LogP contribution in [0.15, 0.2) is 54.6 Å². The Balaban J connectivity index is 1.55. The van der Waals surface area contributed by atoms with Crippen molar-refractivity contribution in [2.75, 3.05) is 31.6 Å². The molecular weight excluding hydrogens is 380 g/mol. The summed E-state index contributed by atoms with van der Waals surface area (Å²) < 4.78 is 0. The van der Waals surface area contributed by atoms with Gasteiger partial charge < -0.3 is 4.90 Å². The zero-order chi connectivity index (χ0) is 20.9. The lowest BCUT2D eigenvalue weighted by Crippen LogP contribution is -2.74. The van der Waals surface area contributed by atoms with Gasteiger partial charge in [0, 0.05) is 38.9 Å². The zero-order valence-corrected chi connectivity index (χ0v) is 16.9. The fourth-order valence-electron chi connectivity index (χ4n) is 5.12. The van der Waals surface area contributed by atoms with E-state index < -0.39 is 23.3 Å². The third kappa shape index (κ3) is 2.73. The normalized spacial score (nSPS) is 26.4. The van der Waals surface area contributed by atoms with E-state index in [0.717, 1.165) is 29.2 Å². The molecule has 1 N–H and O–H groups in total. The molecule has 1 spiro atoms. The molecule has 7 heteroatoms. The van der Waals surface area contributed by atoms with E-state index in [0.29, 0.717) is 19.5 Å². The Morgan fingerprint density at radius 3 is 2.53 bits per heavy atom. The number of carbonyl (C=O) groups is 3. The standard InChI is InChI=1S/C23H24N4O3/c1-25-21(29)23(20(28)24-22(25)30)13-17-9-5-6-10-18(17)27-12-11-26(15-19(23)27)14-16-7-3-2-4-8-16/h2-10,19H,11-15H2,1H3,(H,24,28,30)/t19-,23+/m1/s1. The van der Waals surface area contributed by atoms with E-state index in [4.69, 9.17) is 0 Å². The molecule has 2 aromatic carbocycles. The summed E-state index contributed by atoms with van der Waals surface area (Å²) in [5.41, 5.74) is 1.93. The first-order valence-corrected chi connectivity index (χ1v) is 10.2. The van der Waals surface area contributed by atoms with Crippen LogP contribution in [-0.4, -0.2) is 60.4 Å². The van der Waals surface area contributed by atoms with E-state index >= 15 is 0 Å². The predicted molar refractivity (Wildman–Crippen MR) is 112 cm³/mol. The first-order valence-electron chi connectivity index (χ1n) is 10.2. The Morgan fingerprint density at radius 2 is 1.73 bits per heavy atom. The summed E-state index contributed by atoms with van der Waals surface area (Å²) in [5, 5.41) is 2.43. The highest BCUT2D eigenvalue weighted by Gasteiger charge is 2.62. The molecule has 0 bridgehead atoms. The van der Waals surface area contributed by atoms with Crippen molar-refractivity contribution in [3.8, 4) is 0 Å². The third-order valence-corrected chi connectivity index (χ3v) is 6.67. The Hall–Kier alpha value is -3.19. The smallest absolute Gasteiger partial charge is 0.330 e. The van der Waals surface area contributed by atoms with Crippen molar-refractivity contribution in [1.29, 1.82) is 0 Å². The minimum Gasteiger partial charge on any atom is -0.364 e. The molecule has 3 heterocycles. The number of hydrogen-bond donors (Lipinski definition) is 1. The van der Waals surface area contributed by atoms with Crippen molar-refractivity contribution in [2.45, 2.75) is 19.0 Å². The van der Waals surface area contributed by atoms with Gasteiger partial charge in [0.05, 0.1) is 6.04 Å². The highest BCUT2D eigenvalue weighted by Crippen LogP contribution is 2.45. The van der Waals surface area contributed by atoms with Gasteiger partial charge in [-0.1, -0.05) is 48.5 Å². The largest absolute Gasteiger partial charge is 0.364 e. The summed E-state index contributed by atoms with van der Waals surface area (Å²) in [4.78, 5) is 44.3. The van der Waals surface area contributed by atoms with Gasteiger partial charge in [0.25, 0.3) is 0 Å². The molecule has 2 fully saturated rings. The van der Waals surface area contributed by atoms with Crippen LogP contribution >= 0.6 is 0 Å². The fourth-order valence-corrected chi connectivity index (χ4v) is 5.12. The summed E-state index contributed by atoms with van der Waals surface area (Å²) in [6.07, 6.45) is 0.297. The second-order valence-corrected chi connectivity index (χ2v) is 8.33. The van der Waals surface area contributed by atoms with Crippen molar-refractivity contribution in [3.63, 3.8) is 0 Å². The molecule has 30 heavy (non-hydrogen) atoms. The van der Waals surface area contributed by atoms with Crippen LogP contribution in [0.3, 0.4) is 0 Å². The van der Waals surface area contributed by atoms with E-state index in [1.54, 1.807) is 0 Å². The van der Waals surface area contributed by atoms with Gasteiger partial charge in [-0.3, -0.25) is 24.7 Å². The maximum atomic E-state index is 13.5. The van der Waals surface area contributed by atoms with Gasteiger partial charge in [-0.05, 0) is 23.6 Å². The van der Waals surface area contributed by atoms with Crippen molar-refractivity contribution in [1.82, 2.24) is 15.1 Å². The molecular formula is C23H24N4O3. The number of carbonyl (C=O) groups excluding carboxylic acids is 3. The molecule has 2 aromatic rings. The second kappa shape index (κ2) is 6.95. The number of hydrogen-bond acceptors (Lipinski definition) is 5. The van der Waals surface area contributed by atoms with E-state index in [9.17, 15) is 14.4 Å². The maximum Gasteiger partial charge on any atom is 0.330 e. The number of amides is 4. The quantitative estimate of drug-likeness (QED) is 0.771. The lowest BCUT2D eigenvalue weighted by Gasteiger charge is -2.55. The number of barbiturate groups is 1. The Kier molecular flexibility index (Phi) is 4.36. The minimum atomic E-state index is -1.31. The molecule has 5 rings (SSSR count). The fraction of sp³-hybridized carbons (Fsp3) is 0.348. The van der Waals surface area contributed by atoms with Crippen LogP contribution in [0, 0.1) is 5.41 Å². The average molecular weight is 404 g/mol. The van der Waals surface area contributed by atoms with Crippen molar-refractivity contribution in [2.24, 2.45) is 5.41 Å². The molecule has 2 atom stereocenters. The first kappa shape index (κ1) is 18.8. The van der Waals surface area contributed by atoms with Crippen LogP contribution in [0.4, 0.5) is 10.5 Å². The van der Waals surface area contributed by atoms with Crippen LogP contribution in [0.1, 0.15) is 11.1 Å². The van der Waals surface area contributed by atoms with Crippen molar-refractivity contribution < 1.29 is 14.4 Å². The predicted octanol–water partition coefficient (Wildman–Crippen LogP) is 1.63. The van der Waals surface area contributed by atoms with E-state index in [1.165, 1.54) is 12.6 Å². The van der Waals surface area contributed by atoms with Crippen LogP contribution in [-0.2, 0) is 22.6 Å². The highest BCUT2D eigenvalue weighted by molar-refractivity contribution is 6.20. The first-order chi connectivity index (χ1) is 14.5. The molecule has 7 nitrogen and oxygen atoms in total. The average Bonchev–Trinajstić information content (AvgIpc) is 2.77. The number of anilines is 1. The number of nitrogens with zero attached hydrogens (tertiary/aromatic N) is 3. The minimum absolute atomic E-state index is 0.297. The molecule has 2 saturated heterocycles. The number of piperazine rings is 1. The summed E-state index contributed by atoms with van der Waals surface area (Å²) in [5.74, 6) is -0.899. The van der Waals surface area contributed by atoms with Gasteiger partial charge in [0.15, 0.2) is 5.41 Å². The van der Waals surface area contributed by atoms with Gasteiger partial charge in [-0.15, -0.1) is 0 Å². The van der Waals surface area contributed by atoms with E-state index in [2.05, 4.69) is 33.3 Å². The zero-order valence-electron chi connectivity index (χ0n) is 16.9. The summed E-state index contributed by atoms with van der Waals surface area (Å²) >= 11 is 0. The molecule has 4 amide bonds. The Labute approximate surface area is 175 Å². The van der Waals surface area contributed by atoms with Gasteiger partial charge in [0.1, 0.15) is 0 Å². The number of fused-ring (bicyclic) bond motifs is 4. The topological polar surface area (TPSA) is 73.0 Å². The van der Waals surface area contributed by atoms with Crippen LogP contribution in [0.25, 0.3) is 0 Å². The number of urea groups is 1. The highest BCUT2D eigenvalue weighted by atomic mass is 16.2. The van der Waals surface area contributed by atoms with Crippen LogP contribution < -0.4 is 10.2 Å². The molecule has 3 aliphatic heterocycles. The van der Waals surface area contributed by atoms with Crippen molar-refractivity contribution >= 4 is 23.5 Å². The lowest BCUT2D eigenvalue weighted by atomic mass is 9.67. The van der Waals surface area contributed by atoms with Crippen LogP contribution in [0.5, 0.6) is 0 Å². The van der Waals surface area contributed by atoms with Gasteiger partial charge >= 0.3 is 6.03 Å². The van der Waals surface area contributed by atoms with Crippen molar-refractivity contribution in [3.05, 3.63) is 65.7 Å². The van der Waals surface area contributed by atoms with Gasteiger partial charge in [-0.2, -0.15) is 0 Å². The van der Waals surface area contributed by atoms with Crippen LogP contribution in [0.2, 0.25) is 0 Å². The third-order valence-electron chi connectivity index (χ3n) is 6.67. The number of nitrogens with one attached hydrogen (secondary N) is 1. The van der Waals surface area contributed by atoms with Gasteiger partial charge in [0.2, 0.25) is 11.8 Å². The molecule has 154 valence electrons. The molecule has 0 radical (unpaired) electrons. The molecule has 0 unspecified atom stereocenters. The summed E-state index contributed by atoms with van der Waals surface area (Å²) in [6.45, 7) is 2.88.